The maximum absolute atomic E-state index is 12.1. The lowest BCUT2D eigenvalue weighted by atomic mass is 10.0. The Morgan fingerprint density at radius 3 is 2.70 bits per heavy atom. The first-order valence-corrected chi connectivity index (χ1v) is 7.57. The lowest BCUT2D eigenvalue weighted by molar-refractivity contribution is -0.125. The summed E-state index contributed by atoms with van der Waals surface area (Å²) in [5.74, 6) is 0.789. The highest BCUT2D eigenvalue weighted by atomic mass is 16.3. The summed E-state index contributed by atoms with van der Waals surface area (Å²) < 4.78 is 0. The molecule has 1 heterocycles. The van der Waals surface area contributed by atoms with E-state index in [4.69, 9.17) is 0 Å². The molecule has 0 saturated carbocycles. The zero-order valence-electron chi connectivity index (χ0n) is 13.6. The van der Waals surface area contributed by atoms with Crippen LogP contribution in [0.3, 0.4) is 0 Å². The van der Waals surface area contributed by atoms with Crippen LogP contribution in [0.15, 0.2) is 0 Å². The zero-order chi connectivity index (χ0) is 15.3. The van der Waals surface area contributed by atoms with Crippen LogP contribution in [0.2, 0.25) is 0 Å². The SMILES string of the molecule is CC(C)CN1CCC(C(=O)NCC(C)(O)CN(C)C)C1. The van der Waals surface area contributed by atoms with Crippen molar-refractivity contribution in [1.29, 1.82) is 0 Å². The Kier molecular flexibility index (Phi) is 6.43. The summed E-state index contributed by atoms with van der Waals surface area (Å²) in [6, 6.07) is 0. The summed E-state index contributed by atoms with van der Waals surface area (Å²) >= 11 is 0. The minimum atomic E-state index is -0.880. The molecule has 1 fully saturated rings. The lowest BCUT2D eigenvalue weighted by Gasteiger charge is -2.27. The predicted molar refractivity (Wildman–Crippen MR) is 81.6 cm³/mol. The maximum Gasteiger partial charge on any atom is 0.224 e. The standard InChI is InChI=1S/C15H31N3O2/c1-12(2)8-18-7-6-13(9-18)14(19)16-10-15(3,20)11-17(4)5/h12-13,20H,6-11H2,1-5H3,(H,16,19). The fourth-order valence-corrected chi connectivity index (χ4v) is 2.89. The first kappa shape index (κ1) is 17.4. The van der Waals surface area contributed by atoms with Crippen molar-refractivity contribution in [1.82, 2.24) is 15.1 Å². The molecule has 0 aliphatic carbocycles. The number of carbonyl (C=O) groups excluding carboxylic acids is 1. The molecule has 0 aromatic heterocycles. The van der Waals surface area contributed by atoms with Crippen LogP contribution in [0.5, 0.6) is 0 Å². The highest BCUT2D eigenvalue weighted by Crippen LogP contribution is 2.17. The van der Waals surface area contributed by atoms with Gasteiger partial charge in [0.1, 0.15) is 0 Å². The summed E-state index contributed by atoms with van der Waals surface area (Å²) in [5, 5.41) is 13.1. The molecule has 0 aromatic rings. The topological polar surface area (TPSA) is 55.8 Å². The van der Waals surface area contributed by atoms with Gasteiger partial charge in [0.15, 0.2) is 0 Å². The third kappa shape index (κ3) is 6.20. The second-order valence-corrected chi connectivity index (χ2v) is 7.09. The largest absolute Gasteiger partial charge is 0.387 e. The zero-order valence-corrected chi connectivity index (χ0v) is 13.6. The molecule has 2 atom stereocenters. The second-order valence-electron chi connectivity index (χ2n) is 7.09. The summed E-state index contributed by atoms with van der Waals surface area (Å²) in [7, 11) is 3.83. The molecule has 2 N–H and O–H groups in total. The van der Waals surface area contributed by atoms with Crippen LogP contribution in [0.25, 0.3) is 0 Å². The summed E-state index contributed by atoms with van der Waals surface area (Å²) in [6.07, 6.45) is 0.925. The van der Waals surface area contributed by atoms with Crippen molar-refractivity contribution < 1.29 is 9.90 Å². The van der Waals surface area contributed by atoms with Crippen LogP contribution in [0, 0.1) is 11.8 Å². The van der Waals surface area contributed by atoms with Crippen molar-refractivity contribution in [2.45, 2.75) is 32.8 Å². The minimum Gasteiger partial charge on any atom is -0.387 e. The van der Waals surface area contributed by atoms with E-state index >= 15 is 0 Å². The Bertz CT molecular complexity index is 316. The number of nitrogens with one attached hydrogen (secondary N) is 1. The van der Waals surface area contributed by atoms with Crippen molar-refractivity contribution >= 4 is 5.91 Å². The Labute approximate surface area is 123 Å². The molecule has 0 spiro atoms. The van der Waals surface area contributed by atoms with E-state index in [1.807, 2.05) is 19.0 Å². The van der Waals surface area contributed by atoms with Crippen molar-refractivity contribution in [2.24, 2.45) is 11.8 Å². The molecule has 2 unspecified atom stereocenters. The van der Waals surface area contributed by atoms with E-state index in [9.17, 15) is 9.90 Å². The van der Waals surface area contributed by atoms with Gasteiger partial charge in [-0.25, -0.2) is 0 Å². The fraction of sp³-hybridized carbons (Fsp3) is 0.933. The molecule has 1 aliphatic rings. The van der Waals surface area contributed by atoms with Gasteiger partial charge in [-0.05, 0) is 39.9 Å². The van der Waals surface area contributed by atoms with E-state index in [2.05, 4.69) is 24.1 Å². The lowest BCUT2D eigenvalue weighted by Crippen LogP contribution is -2.48. The average Bonchev–Trinajstić information content (AvgIpc) is 2.71. The normalized spacial score (nSPS) is 23.3. The Hall–Kier alpha value is -0.650. The molecular formula is C15H31N3O2. The van der Waals surface area contributed by atoms with Crippen LogP contribution in [0.4, 0.5) is 0 Å². The van der Waals surface area contributed by atoms with E-state index in [-0.39, 0.29) is 11.8 Å². The number of nitrogens with zero attached hydrogens (tertiary/aromatic N) is 2. The number of hydrogen-bond acceptors (Lipinski definition) is 4. The number of likely N-dealkylation sites (tertiary alicyclic amines) is 1. The second kappa shape index (κ2) is 7.38. The summed E-state index contributed by atoms with van der Waals surface area (Å²) in [6.45, 7) is 9.92. The van der Waals surface area contributed by atoms with Crippen LogP contribution in [0.1, 0.15) is 27.2 Å². The molecule has 118 valence electrons. The number of hydrogen-bond donors (Lipinski definition) is 2. The molecule has 1 aliphatic heterocycles. The van der Waals surface area contributed by atoms with E-state index < -0.39 is 5.60 Å². The summed E-state index contributed by atoms with van der Waals surface area (Å²) in [4.78, 5) is 16.4. The smallest absolute Gasteiger partial charge is 0.224 e. The Morgan fingerprint density at radius 2 is 2.15 bits per heavy atom. The quantitative estimate of drug-likeness (QED) is 0.711. The van der Waals surface area contributed by atoms with E-state index in [1.54, 1.807) is 6.92 Å². The number of rotatable bonds is 7. The molecule has 0 aromatic carbocycles. The van der Waals surface area contributed by atoms with Crippen molar-refractivity contribution in [3.63, 3.8) is 0 Å². The van der Waals surface area contributed by atoms with Crippen molar-refractivity contribution in [3.05, 3.63) is 0 Å². The molecule has 1 amide bonds. The van der Waals surface area contributed by atoms with Gasteiger partial charge in [0.2, 0.25) is 5.91 Å². The number of aliphatic hydroxyl groups is 1. The van der Waals surface area contributed by atoms with Gasteiger partial charge in [0.25, 0.3) is 0 Å². The molecule has 0 radical (unpaired) electrons. The van der Waals surface area contributed by atoms with E-state index in [0.717, 1.165) is 26.1 Å². The maximum atomic E-state index is 12.1. The third-order valence-corrected chi connectivity index (χ3v) is 3.57. The molecular weight excluding hydrogens is 254 g/mol. The van der Waals surface area contributed by atoms with Crippen LogP contribution >= 0.6 is 0 Å². The highest BCUT2D eigenvalue weighted by molar-refractivity contribution is 5.79. The average molecular weight is 285 g/mol. The van der Waals surface area contributed by atoms with Gasteiger partial charge in [-0.2, -0.15) is 0 Å². The third-order valence-electron chi connectivity index (χ3n) is 3.57. The first-order chi connectivity index (χ1) is 9.19. The molecule has 5 nitrogen and oxygen atoms in total. The first-order valence-electron chi connectivity index (χ1n) is 7.57. The van der Waals surface area contributed by atoms with Crippen molar-refractivity contribution in [2.75, 3.05) is 46.8 Å². The van der Waals surface area contributed by atoms with Gasteiger partial charge in [0.05, 0.1) is 11.5 Å². The van der Waals surface area contributed by atoms with E-state index in [0.29, 0.717) is 19.0 Å². The number of carbonyl (C=O) groups is 1. The van der Waals surface area contributed by atoms with E-state index in [1.165, 1.54) is 0 Å². The summed E-state index contributed by atoms with van der Waals surface area (Å²) in [5.41, 5.74) is -0.880. The van der Waals surface area contributed by atoms with Crippen molar-refractivity contribution in [3.8, 4) is 0 Å². The molecule has 1 saturated heterocycles. The predicted octanol–water partition coefficient (Wildman–Crippen LogP) is 0.393. The monoisotopic (exact) mass is 285 g/mol. The van der Waals surface area contributed by atoms with Gasteiger partial charge in [-0.15, -0.1) is 0 Å². The molecule has 0 bridgehead atoms. The number of likely N-dealkylation sites (N-methyl/N-ethyl adjacent to an activating group) is 1. The van der Waals surface area contributed by atoms with Crippen LogP contribution in [-0.4, -0.2) is 73.2 Å². The molecule has 5 heteroatoms. The van der Waals surface area contributed by atoms with Gasteiger partial charge < -0.3 is 20.2 Å². The van der Waals surface area contributed by atoms with Gasteiger partial charge >= 0.3 is 0 Å². The van der Waals surface area contributed by atoms with Gasteiger partial charge in [-0.1, -0.05) is 13.8 Å². The molecule has 1 rings (SSSR count). The highest BCUT2D eigenvalue weighted by Gasteiger charge is 2.30. The van der Waals surface area contributed by atoms with Crippen LogP contribution in [-0.2, 0) is 4.79 Å². The van der Waals surface area contributed by atoms with Gasteiger partial charge in [0, 0.05) is 26.2 Å². The molecule has 20 heavy (non-hydrogen) atoms. The minimum absolute atomic E-state index is 0.0731. The number of amides is 1. The van der Waals surface area contributed by atoms with Crippen LogP contribution < -0.4 is 5.32 Å². The van der Waals surface area contributed by atoms with Gasteiger partial charge in [-0.3, -0.25) is 4.79 Å². The fourth-order valence-electron chi connectivity index (χ4n) is 2.89. The Morgan fingerprint density at radius 1 is 1.50 bits per heavy atom. The Balaban J connectivity index is 2.33.